The second-order valence-electron chi connectivity index (χ2n) is 5.49. The Morgan fingerprint density at radius 2 is 1.88 bits per heavy atom. The van der Waals surface area contributed by atoms with Crippen molar-refractivity contribution in [2.45, 2.75) is 12.3 Å². The molecule has 0 spiro atoms. The van der Waals surface area contributed by atoms with E-state index < -0.39 is 5.91 Å². The number of rotatable bonds is 6. The minimum absolute atomic E-state index is 0.115. The SMILES string of the molecule is CSCc1nc2ccccc2n1CC(=O)Nc1ccccc1C(N)=O. The van der Waals surface area contributed by atoms with Crippen LogP contribution in [0.5, 0.6) is 0 Å². The number of benzene rings is 2. The lowest BCUT2D eigenvalue weighted by Crippen LogP contribution is -2.22. The monoisotopic (exact) mass is 354 g/mol. The van der Waals surface area contributed by atoms with Crippen LogP contribution in [0.2, 0.25) is 0 Å². The fraction of sp³-hybridized carbons (Fsp3) is 0.167. The Labute approximate surface area is 149 Å². The van der Waals surface area contributed by atoms with Gasteiger partial charge in [-0.15, -0.1) is 0 Å². The van der Waals surface area contributed by atoms with E-state index in [1.165, 1.54) is 0 Å². The standard InChI is InChI=1S/C18H18N4O2S/c1-25-11-16-20-14-8-4-5-9-15(14)22(16)10-17(23)21-13-7-3-2-6-12(13)18(19)24/h2-9H,10-11H2,1H3,(H2,19,24)(H,21,23). The van der Waals surface area contributed by atoms with E-state index in [0.29, 0.717) is 11.4 Å². The summed E-state index contributed by atoms with van der Waals surface area (Å²) in [4.78, 5) is 28.6. The van der Waals surface area contributed by atoms with E-state index in [2.05, 4.69) is 10.3 Å². The van der Waals surface area contributed by atoms with Crippen LogP contribution >= 0.6 is 11.8 Å². The Morgan fingerprint density at radius 3 is 2.64 bits per heavy atom. The number of hydrogen-bond donors (Lipinski definition) is 2. The van der Waals surface area contributed by atoms with Crippen LogP contribution in [0.15, 0.2) is 48.5 Å². The van der Waals surface area contributed by atoms with Gasteiger partial charge in [-0.3, -0.25) is 9.59 Å². The average molecular weight is 354 g/mol. The second-order valence-corrected chi connectivity index (χ2v) is 6.36. The molecular formula is C18H18N4O2S. The normalized spacial score (nSPS) is 10.8. The van der Waals surface area contributed by atoms with E-state index in [1.807, 2.05) is 35.1 Å². The van der Waals surface area contributed by atoms with Gasteiger partial charge in [0, 0.05) is 0 Å². The number of para-hydroxylation sites is 3. The number of carbonyl (C=O) groups is 2. The average Bonchev–Trinajstić information content (AvgIpc) is 2.93. The van der Waals surface area contributed by atoms with Gasteiger partial charge >= 0.3 is 0 Å². The lowest BCUT2D eigenvalue weighted by molar-refractivity contribution is -0.116. The van der Waals surface area contributed by atoms with E-state index in [0.717, 1.165) is 16.9 Å². The molecule has 3 aromatic rings. The third-order valence-electron chi connectivity index (χ3n) is 3.78. The lowest BCUT2D eigenvalue weighted by Gasteiger charge is -2.11. The maximum atomic E-state index is 12.5. The zero-order valence-corrected chi connectivity index (χ0v) is 14.5. The molecule has 25 heavy (non-hydrogen) atoms. The van der Waals surface area contributed by atoms with Crippen LogP contribution in [-0.2, 0) is 17.1 Å². The molecule has 0 saturated carbocycles. The van der Waals surface area contributed by atoms with E-state index in [-0.39, 0.29) is 18.0 Å². The molecule has 0 saturated heterocycles. The van der Waals surface area contributed by atoms with Crippen molar-refractivity contribution in [3.05, 3.63) is 59.9 Å². The Bertz CT molecular complexity index is 936. The molecule has 0 unspecified atom stereocenters. The van der Waals surface area contributed by atoms with Gasteiger partial charge in [0.15, 0.2) is 0 Å². The predicted octanol–water partition coefficient (Wildman–Crippen LogP) is 2.64. The molecule has 0 bridgehead atoms. The molecule has 2 aromatic carbocycles. The molecule has 3 rings (SSSR count). The molecule has 7 heteroatoms. The number of hydrogen-bond acceptors (Lipinski definition) is 4. The molecule has 6 nitrogen and oxygen atoms in total. The molecule has 1 aromatic heterocycles. The molecule has 0 aliphatic heterocycles. The zero-order valence-electron chi connectivity index (χ0n) is 13.7. The number of aromatic nitrogens is 2. The highest BCUT2D eigenvalue weighted by Crippen LogP contribution is 2.20. The third-order valence-corrected chi connectivity index (χ3v) is 4.32. The summed E-state index contributed by atoms with van der Waals surface area (Å²) in [6, 6.07) is 14.4. The summed E-state index contributed by atoms with van der Waals surface area (Å²) in [5.74, 6) is 0.734. The minimum atomic E-state index is -0.577. The highest BCUT2D eigenvalue weighted by Gasteiger charge is 2.15. The van der Waals surface area contributed by atoms with Crippen molar-refractivity contribution in [2.75, 3.05) is 11.6 Å². The second kappa shape index (κ2) is 7.40. The van der Waals surface area contributed by atoms with Crippen LogP contribution in [0.4, 0.5) is 5.69 Å². The molecule has 2 amide bonds. The zero-order chi connectivity index (χ0) is 17.8. The number of anilines is 1. The first-order valence-corrected chi connectivity index (χ1v) is 9.11. The van der Waals surface area contributed by atoms with Gasteiger partial charge in [0.05, 0.1) is 28.0 Å². The molecule has 3 N–H and O–H groups in total. The third kappa shape index (κ3) is 3.66. The first-order valence-electron chi connectivity index (χ1n) is 7.72. The molecule has 0 radical (unpaired) electrons. The van der Waals surface area contributed by atoms with Crippen LogP contribution in [0.25, 0.3) is 11.0 Å². The van der Waals surface area contributed by atoms with Crippen molar-refractivity contribution in [3.8, 4) is 0 Å². The van der Waals surface area contributed by atoms with Crippen LogP contribution in [0.1, 0.15) is 16.2 Å². The van der Waals surface area contributed by atoms with E-state index in [9.17, 15) is 9.59 Å². The van der Waals surface area contributed by atoms with Gasteiger partial charge < -0.3 is 15.6 Å². The summed E-state index contributed by atoms with van der Waals surface area (Å²) in [5.41, 5.74) is 7.82. The quantitative estimate of drug-likeness (QED) is 0.712. The molecule has 1 heterocycles. The molecule has 128 valence electrons. The first kappa shape index (κ1) is 17.0. The van der Waals surface area contributed by atoms with E-state index in [1.54, 1.807) is 36.0 Å². The molecule has 0 aliphatic rings. The fourth-order valence-electron chi connectivity index (χ4n) is 2.68. The van der Waals surface area contributed by atoms with E-state index in [4.69, 9.17) is 5.73 Å². The maximum Gasteiger partial charge on any atom is 0.250 e. The summed E-state index contributed by atoms with van der Waals surface area (Å²) < 4.78 is 1.90. The van der Waals surface area contributed by atoms with Crippen molar-refractivity contribution in [2.24, 2.45) is 5.73 Å². The Kier molecular flexibility index (Phi) is 5.04. The molecule has 0 atom stereocenters. The summed E-state index contributed by atoms with van der Waals surface area (Å²) in [7, 11) is 0. The summed E-state index contributed by atoms with van der Waals surface area (Å²) >= 11 is 1.65. The largest absolute Gasteiger partial charge is 0.366 e. The van der Waals surface area contributed by atoms with Gasteiger partial charge in [0.2, 0.25) is 5.91 Å². The Balaban J connectivity index is 1.88. The topological polar surface area (TPSA) is 90.0 Å². The van der Waals surface area contributed by atoms with Gasteiger partial charge in [-0.2, -0.15) is 11.8 Å². The number of primary amides is 1. The van der Waals surface area contributed by atoms with Crippen molar-refractivity contribution >= 4 is 40.3 Å². The van der Waals surface area contributed by atoms with Gasteiger partial charge in [-0.25, -0.2) is 4.98 Å². The van der Waals surface area contributed by atoms with Gasteiger partial charge in [0.25, 0.3) is 5.91 Å². The Morgan fingerprint density at radius 1 is 1.16 bits per heavy atom. The van der Waals surface area contributed by atoms with Gasteiger partial charge in [0.1, 0.15) is 12.4 Å². The maximum absolute atomic E-state index is 12.5. The fourth-order valence-corrected chi connectivity index (χ4v) is 3.16. The number of carbonyl (C=O) groups excluding carboxylic acids is 2. The smallest absolute Gasteiger partial charge is 0.250 e. The van der Waals surface area contributed by atoms with Gasteiger partial charge in [-0.05, 0) is 30.5 Å². The highest BCUT2D eigenvalue weighted by molar-refractivity contribution is 7.97. The number of imidazole rings is 1. The van der Waals surface area contributed by atoms with Crippen molar-refractivity contribution in [1.82, 2.24) is 9.55 Å². The summed E-state index contributed by atoms with van der Waals surface area (Å²) in [5, 5.41) is 2.77. The van der Waals surface area contributed by atoms with Crippen molar-refractivity contribution in [1.29, 1.82) is 0 Å². The number of amides is 2. The highest BCUT2D eigenvalue weighted by atomic mass is 32.2. The minimum Gasteiger partial charge on any atom is -0.366 e. The predicted molar refractivity (Wildman–Crippen MR) is 101 cm³/mol. The number of nitrogens with two attached hydrogens (primary N) is 1. The van der Waals surface area contributed by atoms with Gasteiger partial charge in [-0.1, -0.05) is 24.3 Å². The van der Waals surface area contributed by atoms with Crippen LogP contribution in [-0.4, -0.2) is 27.6 Å². The lowest BCUT2D eigenvalue weighted by atomic mass is 10.1. The number of fused-ring (bicyclic) bond motifs is 1. The van der Waals surface area contributed by atoms with Crippen molar-refractivity contribution < 1.29 is 9.59 Å². The first-order chi connectivity index (χ1) is 12.1. The Hall–Kier alpha value is -2.80. The number of nitrogens with zero attached hydrogens (tertiary/aromatic N) is 2. The molecular weight excluding hydrogens is 336 g/mol. The van der Waals surface area contributed by atoms with E-state index >= 15 is 0 Å². The number of nitrogens with one attached hydrogen (secondary N) is 1. The molecule has 0 aliphatic carbocycles. The summed E-state index contributed by atoms with van der Waals surface area (Å²) in [6.07, 6.45) is 1.99. The van der Waals surface area contributed by atoms with Crippen molar-refractivity contribution in [3.63, 3.8) is 0 Å². The van der Waals surface area contributed by atoms with Crippen LogP contribution in [0.3, 0.4) is 0 Å². The van der Waals surface area contributed by atoms with Crippen LogP contribution in [0, 0.1) is 0 Å². The number of thioether (sulfide) groups is 1. The summed E-state index contributed by atoms with van der Waals surface area (Å²) in [6.45, 7) is 0.115. The van der Waals surface area contributed by atoms with Crippen LogP contribution < -0.4 is 11.1 Å². The molecule has 0 fully saturated rings.